The number of thiazole rings is 1. The van der Waals surface area contributed by atoms with Crippen molar-refractivity contribution < 1.29 is 4.84 Å². The minimum Gasteiger partial charge on any atom is -0.399 e. The molecular formula is C16H14N6OS. The number of hydrogen-bond donors (Lipinski definition) is 0. The third kappa shape index (κ3) is 2.76. The largest absolute Gasteiger partial charge is 0.399 e. The van der Waals surface area contributed by atoms with Gasteiger partial charge < -0.3 is 4.84 Å². The average molecular weight is 338 g/mol. The molecule has 7 nitrogen and oxygen atoms in total. The fraction of sp³-hybridized carbons (Fsp3) is 0.250. The van der Waals surface area contributed by atoms with E-state index in [1.54, 1.807) is 25.7 Å². The summed E-state index contributed by atoms with van der Waals surface area (Å²) in [5.41, 5.74) is 3.45. The zero-order valence-electron chi connectivity index (χ0n) is 13.0. The van der Waals surface area contributed by atoms with E-state index in [0.29, 0.717) is 5.82 Å². The Hall–Kier alpha value is -2.74. The van der Waals surface area contributed by atoms with Gasteiger partial charge in [0, 0.05) is 24.2 Å². The van der Waals surface area contributed by atoms with Gasteiger partial charge in [0.05, 0.1) is 10.6 Å². The van der Waals surface area contributed by atoms with Gasteiger partial charge in [0.1, 0.15) is 23.5 Å². The molecule has 3 heterocycles. The molecular weight excluding hydrogens is 324 g/mol. The molecule has 120 valence electrons. The zero-order valence-corrected chi connectivity index (χ0v) is 13.8. The topological polar surface area (TPSA) is 86.0 Å². The van der Waals surface area contributed by atoms with E-state index in [1.165, 1.54) is 11.3 Å². The Morgan fingerprint density at radius 1 is 1.21 bits per heavy atom. The summed E-state index contributed by atoms with van der Waals surface area (Å²) < 4.78 is 0. The fourth-order valence-corrected chi connectivity index (χ4v) is 3.43. The van der Waals surface area contributed by atoms with Gasteiger partial charge >= 0.3 is 0 Å². The van der Waals surface area contributed by atoms with Crippen LogP contribution in [-0.4, -0.2) is 38.0 Å². The first-order valence-electron chi connectivity index (χ1n) is 7.56. The van der Waals surface area contributed by atoms with E-state index in [4.69, 9.17) is 4.84 Å². The highest BCUT2D eigenvalue weighted by Gasteiger charge is 2.21. The van der Waals surface area contributed by atoms with Gasteiger partial charge in [0.15, 0.2) is 5.82 Å². The molecule has 0 amide bonds. The van der Waals surface area contributed by atoms with Crippen LogP contribution in [0.15, 0.2) is 35.9 Å². The van der Waals surface area contributed by atoms with Crippen molar-refractivity contribution in [2.75, 3.05) is 7.11 Å². The van der Waals surface area contributed by atoms with E-state index in [1.807, 2.05) is 12.1 Å². The maximum absolute atomic E-state index is 4.93. The van der Waals surface area contributed by atoms with Gasteiger partial charge in [0.2, 0.25) is 0 Å². The zero-order chi connectivity index (χ0) is 16.4. The molecule has 0 aliphatic heterocycles. The van der Waals surface area contributed by atoms with Crippen LogP contribution < -0.4 is 0 Å². The Morgan fingerprint density at radius 2 is 2.17 bits per heavy atom. The van der Waals surface area contributed by atoms with Crippen LogP contribution in [-0.2, 0) is 11.3 Å². The molecule has 3 aromatic rings. The van der Waals surface area contributed by atoms with Crippen molar-refractivity contribution in [1.29, 1.82) is 0 Å². The molecule has 0 aromatic carbocycles. The van der Waals surface area contributed by atoms with Crippen LogP contribution in [0, 0.1) is 0 Å². The lowest BCUT2D eigenvalue weighted by Gasteiger charge is -2.14. The third-order valence-electron chi connectivity index (χ3n) is 3.69. The molecule has 0 bridgehead atoms. The minimum absolute atomic E-state index is 0.562. The molecule has 0 radical (unpaired) electrons. The Morgan fingerprint density at radius 3 is 3.00 bits per heavy atom. The van der Waals surface area contributed by atoms with Crippen LogP contribution >= 0.6 is 11.3 Å². The summed E-state index contributed by atoms with van der Waals surface area (Å²) in [4.78, 5) is 19.0. The van der Waals surface area contributed by atoms with E-state index < -0.39 is 0 Å². The van der Waals surface area contributed by atoms with Gasteiger partial charge in [-0.2, -0.15) is 5.10 Å². The van der Waals surface area contributed by atoms with Crippen LogP contribution in [0.5, 0.6) is 0 Å². The molecule has 0 saturated carbocycles. The first kappa shape index (κ1) is 14.8. The van der Waals surface area contributed by atoms with Gasteiger partial charge in [0.25, 0.3) is 0 Å². The molecule has 0 atom stereocenters. The highest BCUT2D eigenvalue weighted by molar-refractivity contribution is 7.18. The second kappa shape index (κ2) is 6.40. The predicted octanol–water partition coefficient (Wildman–Crippen LogP) is 2.74. The van der Waals surface area contributed by atoms with Crippen molar-refractivity contribution in [2.45, 2.75) is 19.3 Å². The van der Waals surface area contributed by atoms with E-state index in [-0.39, 0.29) is 0 Å². The Kier molecular flexibility index (Phi) is 3.96. The summed E-state index contributed by atoms with van der Waals surface area (Å²) in [6, 6.07) is 3.87. The summed E-state index contributed by atoms with van der Waals surface area (Å²) in [6.07, 6.45) is 7.98. The Balaban J connectivity index is 1.72. The number of aromatic nitrogens is 5. The van der Waals surface area contributed by atoms with E-state index in [0.717, 1.165) is 51.8 Å². The average Bonchev–Trinajstić information content (AvgIpc) is 3.13. The van der Waals surface area contributed by atoms with Crippen molar-refractivity contribution >= 4 is 17.0 Å². The van der Waals surface area contributed by atoms with Crippen molar-refractivity contribution in [2.24, 2.45) is 5.16 Å². The molecule has 0 unspecified atom stereocenters. The predicted molar refractivity (Wildman–Crippen MR) is 90.7 cm³/mol. The number of oxime groups is 1. The standard InChI is InChI=1S/C16H14N6OS/c1-23-22-12-6-2-5-11-14(12)19-15(21-20-11)13-9-18-16(24-13)10-4-3-7-17-8-10/h3-4,7-9H,2,5-6H2,1H3/b22-12+. The van der Waals surface area contributed by atoms with Crippen molar-refractivity contribution in [3.8, 4) is 21.3 Å². The monoisotopic (exact) mass is 338 g/mol. The Labute approximate surface area is 142 Å². The summed E-state index contributed by atoms with van der Waals surface area (Å²) in [5.74, 6) is 0.562. The van der Waals surface area contributed by atoms with Crippen LogP contribution in [0.2, 0.25) is 0 Å². The van der Waals surface area contributed by atoms with Gasteiger partial charge in [-0.1, -0.05) is 5.16 Å². The smallest absolute Gasteiger partial charge is 0.194 e. The fourth-order valence-electron chi connectivity index (χ4n) is 2.59. The molecule has 8 heteroatoms. The van der Waals surface area contributed by atoms with E-state index in [9.17, 15) is 0 Å². The number of pyridine rings is 1. The molecule has 1 aliphatic carbocycles. The molecule has 4 rings (SSSR count). The van der Waals surface area contributed by atoms with Gasteiger partial charge in [-0.25, -0.2) is 9.97 Å². The molecule has 3 aromatic heterocycles. The van der Waals surface area contributed by atoms with Gasteiger partial charge in [-0.05, 0) is 31.4 Å². The van der Waals surface area contributed by atoms with Crippen LogP contribution in [0.25, 0.3) is 21.3 Å². The number of fused-ring (bicyclic) bond motifs is 1. The quantitative estimate of drug-likeness (QED) is 0.683. The summed E-state index contributed by atoms with van der Waals surface area (Å²) >= 11 is 1.52. The van der Waals surface area contributed by atoms with Gasteiger partial charge in [-0.3, -0.25) is 4.98 Å². The lowest BCUT2D eigenvalue weighted by molar-refractivity contribution is 0.212. The second-order valence-electron chi connectivity index (χ2n) is 5.28. The maximum Gasteiger partial charge on any atom is 0.194 e. The first-order chi connectivity index (χ1) is 11.8. The maximum atomic E-state index is 4.93. The molecule has 0 saturated heterocycles. The summed E-state index contributed by atoms with van der Waals surface area (Å²) in [7, 11) is 1.54. The minimum atomic E-state index is 0.562. The highest BCUT2D eigenvalue weighted by Crippen LogP contribution is 2.30. The van der Waals surface area contributed by atoms with Crippen LogP contribution in [0.3, 0.4) is 0 Å². The van der Waals surface area contributed by atoms with Crippen molar-refractivity contribution in [3.05, 3.63) is 42.1 Å². The lowest BCUT2D eigenvalue weighted by atomic mass is 9.99. The normalized spacial score (nSPS) is 15.3. The summed E-state index contributed by atoms with van der Waals surface area (Å²) in [5, 5.41) is 13.5. The Bertz CT molecular complexity index is 893. The van der Waals surface area contributed by atoms with Gasteiger partial charge in [-0.15, -0.1) is 16.4 Å². The molecule has 24 heavy (non-hydrogen) atoms. The molecule has 0 spiro atoms. The van der Waals surface area contributed by atoms with Crippen LogP contribution in [0.1, 0.15) is 24.2 Å². The number of hydrogen-bond acceptors (Lipinski definition) is 8. The number of aryl methyl sites for hydroxylation is 1. The molecule has 0 fully saturated rings. The number of nitrogens with zero attached hydrogens (tertiary/aromatic N) is 6. The van der Waals surface area contributed by atoms with E-state index >= 15 is 0 Å². The first-order valence-corrected chi connectivity index (χ1v) is 8.37. The molecule has 1 aliphatic rings. The third-order valence-corrected chi connectivity index (χ3v) is 4.74. The van der Waals surface area contributed by atoms with Crippen molar-refractivity contribution in [1.82, 2.24) is 25.1 Å². The number of rotatable bonds is 3. The highest BCUT2D eigenvalue weighted by atomic mass is 32.1. The summed E-state index contributed by atoms with van der Waals surface area (Å²) in [6.45, 7) is 0. The van der Waals surface area contributed by atoms with Crippen LogP contribution in [0.4, 0.5) is 0 Å². The van der Waals surface area contributed by atoms with E-state index in [2.05, 4.69) is 30.3 Å². The second-order valence-corrected chi connectivity index (χ2v) is 6.31. The SMILES string of the molecule is CO/N=C1\CCCc2nnc(-c3cnc(-c4cccnc4)s3)nc21. The lowest BCUT2D eigenvalue weighted by Crippen LogP contribution is -2.17. The molecule has 0 N–H and O–H groups in total. The van der Waals surface area contributed by atoms with Crippen molar-refractivity contribution in [3.63, 3.8) is 0 Å².